The van der Waals surface area contributed by atoms with E-state index in [9.17, 15) is 17.6 Å². The molecule has 0 saturated heterocycles. The third-order valence-electron chi connectivity index (χ3n) is 2.99. The van der Waals surface area contributed by atoms with E-state index >= 15 is 0 Å². The summed E-state index contributed by atoms with van der Waals surface area (Å²) in [6.07, 6.45) is 0. The molecule has 1 amide bonds. The van der Waals surface area contributed by atoms with E-state index in [-0.39, 0.29) is 22.1 Å². The maximum atomic E-state index is 12.9. The number of benzene rings is 2. The summed E-state index contributed by atoms with van der Waals surface area (Å²) in [6.45, 7) is 5.50. The van der Waals surface area contributed by atoms with E-state index in [1.807, 2.05) is 20.8 Å². The molecule has 0 bridgehead atoms. The zero-order valence-electron chi connectivity index (χ0n) is 13.6. The lowest BCUT2D eigenvalue weighted by molar-refractivity contribution is 0.0919. The zero-order valence-corrected chi connectivity index (χ0v) is 14.4. The lowest BCUT2D eigenvalue weighted by atomic mass is 10.1. The van der Waals surface area contributed by atoms with E-state index in [2.05, 4.69) is 10.0 Å². The van der Waals surface area contributed by atoms with Crippen LogP contribution in [0.15, 0.2) is 53.4 Å². The van der Waals surface area contributed by atoms with E-state index in [1.54, 1.807) is 0 Å². The van der Waals surface area contributed by atoms with E-state index in [0.29, 0.717) is 0 Å². The molecule has 0 fully saturated rings. The van der Waals surface area contributed by atoms with Gasteiger partial charge in [0.25, 0.3) is 15.9 Å². The van der Waals surface area contributed by atoms with Crippen LogP contribution in [0, 0.1) is 5.82 Å². The van der Waals surface area contributed by atoms with Gasteiger partial charge in [0, 0.05) is 16.8 Å². The van der Waals surface area contributed by atoms with Gasteiger partial charge >= 0.3 is 0 Å². The van der Waals surface area contributed by atoms with Crippen LogP contribution in [0.2, 0.25) is 0 Å². The molecule has 2 N–H and O–H groups in total. The third kappa shape index (κ3) is 4.79. The molecule has 0 aliphatic heterocycles. The van der Waals surface area contributed by atoms with Crippen LogP contribution in [0.1, 0.15) is 31.1 Å². The average molecular weight is 350 g/mol. The van der Waals surface area contributed by atoms with Crippen LogP contribution < -0.4 is 10.0 Å². The number of sulfonamides is 1. The Bertz CT molecular complexity index is 841. The Morgan fingerprint density at radius 3 is 2.25 bits per heavy atom. The molecule has 0 aromatic heterocycles. The van der Waals surface area contributed by atoms with Gasteiger partial charge in [-0.05, 0) is 63.2 Å². The molecule has 0 aliphatic rings. The first kappa shape index (κ1) is 17.9. The third-order valence-corrected chi connectivity index (χ3v) is 4.37. The van der Waals surface area contributed by atoms with E-state index < -0.39 is 21.4 Å². The molecule has 5 nitrogen and oxygen atoms in total. The Balaban J connectivity index is 2.26. The van der Waals surface area contributed by atoms with Gasteiger partial charge in [-0.2, -0.15) is 0 Å². The second kappa shape index (κ2) is 6.60. The minimum atomic E-state index is -3.88. The van der Waals surface area contributed by atoms with Gasteiger partial charge < -0.3 is 5.32 Å². The maximum Gasteiger partial charge on any atom is 0.261 e. The Kier molecular flexibility index (Phi) is 4.94. The van der Waals surface area contributed by atoms with Crippen molar-refractivity contribution in [2.24, 2.45) is 0 Å². The molecule has 2 aromatic rings. The fourth-order valence-corrected chi connectivity index (χ4v) is 3.05. The number of carbonyl (C=O) groups excluding carboxylic acids is 1. The first-order valence-electron chi connectivity index (χ1n) is 7.28. The highest BCUT2D eigenvalue weighted by atomic mass is 32.2. The summed E-state index contributed by atoms with van der Waals surface area (Å²) in [7, 11) is -3.88. The molecule has 0 unspecified atom stereocenters. The van der Waals surface area contributed by atoms with E-state index in [1.165, 1.54) is 36.4 Å². The first-order chi connectivity index (χ1) is 11.1. The summed E-state index contributed by atoms with van der Waals surface area (Å²) in [4.78, 5) is 12.1. The second-order valence-electron chi connectivity index (χ2n) is 6.34. The van der Waals surface area contributed by atoms with Crippen LogP contribution in [-0.4, -0.2) is 19.9 Å². The van der Waals surface area contributed by atoms with Gasteiger partial charge in [0.1, 0.15) is 5.82 Å². The fourth-order valence-electron chi connectivity index (χ4n) is 1.95. The summed E-state index contributed by atoms with van der Waals surface area (Å²) in [5, 5.41) is 2.77. The lowest BCUT2D eigenvalue weighted by Crippen LogP contribution is -2.40. The van der Waals surface area contributed by atoms with Crippen LogP contribution in [0.5, 0.6) is 0 Å². The monoisotopic (exact) mass is 350 g/mol. The average Bonchev–Trinajstić information content (AvgIpc) is 2.48. The summed E-state index contributed by atoms with van der Waals surface area (Å²) in [6, 6.07) is 10.7. The number of nitrogens with one attached hydrogen (secondary N) is 2. The Morgan fingerprint density at radius 1 is 1.04 bits per heavy atom. The smallest absolute Gasteiger partial charge is 0.261 e. The van der Waals surface area contributed by atoms with E-state index in [4.69, 9.17) is 0 Å². The predicted molar refractivity (Wildman–Crippen MR) is 90.9 cm³/mol. The quantitative estimate of drug-likeness (QED) is 0.889. The number of rotatable bonds is 4. The van der Waals surface area contributed by atoms with Gasteiger partial charge in [0.05, 0.1) is 4.90 Å². The Morgan fingerprint density at radius 2 is 1.67 bits per heavy atom. The number of amides is 1. The molecule has 0 aliphatic carbocycles. The SMILES string of the molecule is CC(C)(C)NC(=O)c1cccc(S(=O)(=O)Nc2ccc(F)cc2)c1. The van der Waals surface area contributed by atoms with Crippen LogP contribution in [-0.2, 0) is 10.0 Å². The van der Waals surface area contributed by atoms with Crippen molar-refractivity contribution in [3.63, 3.8) is 0 Å². The highest BCUT2D eigenvalue weighted by Gasteiger charge is 2.19. The summed E-state index contributed by atoms with van der Waals surface area (Å²) >= 11 is 0. The standard InChI is InChI=1S/C17H19FN2O3S/c1-17(2,3)19-16(21)12-5-4-6-15(11-12)24(22,23)20-14-9-7-13(18)8-10-14/h4-11,20H,1-3H3,(H,19,21). The molecule has 0 atom stereocenters. The van der Waals surface area contributed by atoms with Crippen molar-refractivity contribution < 1.29 is 17.6 Å². The van der Waals surface area contributed by atoms with Crippen molar-refractivity contribution in [1.29, 1.82) is 0 Å². The molecule has 0 radical (unpaired) electrons. The van der Waals surface area contributed by atoms with Crippen molar-refractivity contribution in [3.8, 4) is 0 Å². The second-order valence-corrected chi connectivity index (χ2v) is 8.03. The van der Waals surface area contributed by atoms with Crippen molar-refractivity contribution in [2.45, 2.75) is 31.2 Å². The maximum absolute atomic E-state index is 12.9. The molecule has 128 valence electrons. The Hall–Kier alpha value is -2.41. The molecular weight excluding hydrogens is 331 g/mol. The number of hydrogen-bond donors (Lipinski definition) is 2. The normalized spacial score (nSPS) is 11.8. The summed E-state index contributed by atoms with van der Waals surface area (Å²) in [5.74, 6) is -0.819. The van der Waals surface area contributed by atoms with Crippen molar-refractivity contribution in [2.75, 3.05) is 4.72 Å². The zero-order chi connectivity index (χ0) is 18.0. The van der Waals surface area contributed by atoms with Gasteiger partial charge in [-0.25, -0.2) is 12.8 Å². The van der Waals surface area contributed by atoms with Crippen LogP contribution in [0.3, 0.4) is 0 Å². The highest BCUT2D eigenvalue weighted by molar-refractivity contribution is 7.92. The van der Waals surface area contributed by atoms with Gasteiger partial charge in [0.15, 0.2) is 0 Å². The summed E-state index contributed by atoms with van der Waals surface area (Å²) < 4.78 is 40.1. The molecule has 0 heterocycles. The van der Waals surface area contributed by atoms with E-state index in [0.717, 1.165) is 12.1 Å². The van der Waals surface area contributed by atoms with Crippen molar-refractivity contribution in [1.82, 2.24) is 5.32 Å². The molecule has 2 rings (SSSR count). The van der Waals surface area contributed by atoms with Crippen molar-refractivity contribution >= 4 is 21.6 Å². The number of carbonyl (C=O) groups is 1. The minimum Gasteiger partial charge on any atom is -0.347 e. The fraction of sp³-hybridized carbons (Fsp3) is 0.235. The molecule has 24 heavy (non-hydrogen) atoms. The van der Waals surface area contributed by atoms with Crippen LogP contribution >= 0.6 is 0 Å². The van der Waals surface area contributed by atoms with Gasteiger partial charge in [-0.15, -0.1) is 0 Å². The van der Waals surface area contributed by atoms with Gasteiger partial charge in [-0.1, -0.05) is 6.07 Å². The molecule has 0 spiro atoms. The largest absolute Gasteiger partial charge is 0.347 e. The molecular formula is C17H19FN2O3S. The van der Waals surface area contributed by atoms with Crippen LogP contribution in [0.25, 0.3) is 0 Å². The van der Waals surface area contributed by atoms with Gasteiger partial charge in [-0.3, -0.25) is 9.52 Å². The number of halogens is 1. The van der Waals surface area contributed by atoms with Crippen molar-refractivity contribution in [3.05, 3.63) is 59.9 Å². The topological polar surface area (TPSA) is 75.3 Å². The molecule has 7 heteroatoms. The molecule has 2 aromatic carbocycles. The predicted octanol–water partition coefficient (Wildman–Crippen LogP) is 3.15. The number of hydrogen-bond acceptors (Lipinski definition) is 3. The minimum absolute atomic E-state index is 0.0478. The molecule has 0 saturated carbocycles. The van der Waals surface area contributed by atoms with Gasteiger partial charge in [0.2, 0.25) is 0 Å². The summed E-state index contributed by atoms with van der Waals surface area (Å²) in [5.41, 5.74) is 0.0473. The first-order valence-corrected chi connectivity index (χ1v) is 8.76. The van der Waals surface area contributed by atoms with Crippen LogP contribution in [0.4, 0.5) is 10.1 Å². The Labute approximate surface area is 141 Å². The number of anilines is 1. The lowest BCUT2D eigenvalue weighted by Gasteiger charge is -2.20. The highest BCUT2D eigenvalue weighted by Crippen LogP contribution is 2.18.